The Morgan fingerprint density at radius 3 is 2.55 bits per heavy atom. The number of rotatable bonds is 5. The highest BCUT2D eigenvalue weighted by molar-refractivity contribution is 5.91. The van der Waals surface area contributed by atoms with Crippen LogP contribution >= 0.6 is 0 Å². The van der Waals surface area contributed by atoms with Crippen LogP contribution in [0.25, 0.3) is 16.7 Å². The number of ether oxygens (including phenoxy) is 1. The minimum atomic E-state index is -0.255. The summed E-state index contributed by atoms with van der Waals surface area (Å²) in [7, 11) is 0. The maximum absolute atomic E-state index is 12.6. The van der Waals surface area contributed by atoms with Gasteiger partial charge in [0.1, 0.15) is 11.6 Å². The number of hydrogen-bond donors (Lipinski definition) is 1. The molecule has 4 aromatic rings. The molecule has 0 aliphatic carbocycles. The van der Waals surface area contributed by atoms with E-state index in [1.54, 1.807) is 4.68 Å². The summed E-state index contributed by atoms with van der Waals surface area (Å²) in [5.74, 6) is 1.67. The molecule has 0 saturated heterocycles. The van der Waals surface area contributed by atoms with E-state index in [-0.39, 0.29) is 12.5 Å². The Bertz CT molecular complexity index is 1290. The number of aryl methyl sites for hydroxylation is 5. The number of pyridine rings is 1. The van der Waals surface area contributed by atoms with E-state index in [2.05, 4.69) is 23.4 Å². The van der Waals surface area contributed by atoms with Crippen molar-refractivity contribution in [2.45, 2.75) is 34.6 Å². The second kappa shape index (κ2) is 8.22. The van der Waals surface area contributed by atoms with Gasteiger partial charge in [-0.3, -0.25) is 4.79 Å². The van der Waals surface area contributed by atoms with E-state index < -0.39 is 0 Å². The Hall–Kier alpha value is -3.67. The molecule has 0 unspecified atom stereocenters. The predicted octanol–water partition coefficient (Wildman–Crippen LogP) is 4.98. The second-order valence-corrected chi connectivity index (χ2v) is 7.96. The van der Waals surface area contributed by atoms with Crippen molar-refractivity contribution in [3.8, 4) is 11.6 Å². The molecular formula is C25H26N4O2. The van der Waals surface area contributed by atoms with Gasteiger partial charge in [-0.25, -0.2) is 4.98 Å². The Morgan fingerprint density at radius 1 is 0.968 bits per heavy atom. The summed E-state index contributed by atoms with van der Waals surface area (Å²) in [5.41, 5.74) is 6.07. The minimum absolute atomic E-state index is 0.0859. The standard InChI is InChI=1S/C25H26N4O2/c1-15-9-10-21(18(4)11-15)31-14-24(30)26-23-13-19(5)28-29(23)22-12-17(3)20-8-6-7-16(2)25(20)27-22/h6-13H,14H2,1-5H3,(H,26,30). The fraction of sp³-hybridized carbons (Fsp3) is 0.240. The van der Waals surface area contributed by atoms with Crippen LogP contribution in [0.4, 0.5) is 5.82 Å². The Balaban J connectivity index is 1.58. The van der Waals surface area contributed by atoms with Crippen LogP contribution in [0.2, 0.25) is 0 Å². The lowest BCUT2D eigenvalue weighted by atomic mass is 10.1. The number of amides is 1. The lowest BCUT2D eigenvalue weighted by molar-refractivity contribution is -0.118. The molecule has 0 atom stereocenters. The van der Waals surface area contributed by atoms with Crippen molar-refractivity contribution < 1.29 is 9.53 Å². The Kier molecular flexibility index (Phi) is 5.46. The van der Waals surface area contributed by atoms with Crippen molar-refractivity contribution >= 4 is 22.6 Å². The number of carbonyl (C=O) groups is 1. The van der Waals surface area contributed by atoms with Gasteiger partial charge < -0.3 is 10.1 Å². The molecule has 0 aliphatic heterocycles. The summed E-state index contributed by atoms with van der Waals surface area (Å²) >= 11 is 0. The van der Waals surface area contributed by atoms with E-state index in [1.165, 1.54) is 0 Å². The lowest BCUT2D eigenvalue weighted by Crippen LogP contribution is -2.22. The first-order chi connectivity index (χ1) is 14.8. The average Bonchev–Trinajstić information content (AvgIpc) is 3.08. The molecule has 31 heavy (non-hydrogen) atoms. The van der Waals surface area contributed by atoms with Crippen molar-refractivity contribution in [1.82, 2.24) is 14.8 Å². The third-order valence-electron chi connectivity index (χ3n) is 5.24. The normalized spacial score (nSPS) is 11.0. The molecule has 0 radical (unpaired) electrons. The van der Waals surface area contributed by atoms with E-state index in [1.807, 2.05) is 70.2 Å². The molecular weight excluding hydrogens is 388 g/mol. The predicted molar refractivity (Wildman–Crippen MR) is 123 cm³/mol. The van der Waals surface area contributed by atoms with Crippen LogP contribution in [0.3, 0.4) is 0 Å². The summed E-state index contributed by atoms with van der Waals surface area (Å²) in [6.45, 7) is 9.89. The molecule has 0 fully saturated rings. The summed E-state index contributed by atoms with van der Waals surface area (Å²) in [6, 6.07) is 15.8. The highest BCUT2D eigenvalue weighted by Crippen LogP contribution is 2.24. The average molecular weight is 415 g/mol. The third kappa shape index (κ3) is 4.28. The summed E-state index contributed by atoms with van der Waals surface area (Å²) in [6.07, 6.45) is 0. The SMILES string of the molecule is Cc1ccc(OCC(=O)Nc2cc(C)nn2-c2cc(C)c3cccc(C)c3n2)c(C)c1. The first kappa shape index (κ1) is 20.6. The number of nitrogens with one attached hydrogen (secondary N) is 1. The van der Waals surface area contributed by atoms with Gasteiger partial charge >= 0.3 is 0 Å². The van der Waals surface area contributed by atoms with Crippen molar-refractivity contribution in [3.63, 3.8) is 0 Å². The van der Waals surface area contributed by atoms with Crippen LogP contribution in [0.1, 0.15) is 27.9 Å². The van der Waals surface area contributed by atoms with Gasteiger partial charge in [-0.15, -0.1) is 0 Å². The number of anilines is 1. The molecule has 0 spiro atoms. The highest BCUT2D eigenvalue weighted by atomic mass is 16.5. The number of para-hydroxylation sites is 1. The fourth-order valence-corrected chi connectivity index (χ4v) is 3.70. The number of hydrogen-bond acceptors (Lipinski definition) is 4. The smallest absolute Gasteiger partial charge is 0.263 e. The van der Waals surface area contributed by atoms with Crippen molar-refractivity contribution in [3.05, 3.63) is 76.5 Å². The van der Waals surface area contributed by atoms with Crippen molar-refractivity contribution in [2.75, 3.05) is 11.9 Å². The van der Waals surface area contributed by atoms with E-state index >= 15 is 0 Å². The first-order valence-electron chi connectivity index (χ1n) is 10.3. The molecule has 0 aliphatic rings. The molecule has 6 heteroatoms. The molecule has 2 aromatic carbocycles. The van der Waals surface area contributed by atoms with Crippen LogP contribution in [0.15, 0.2) is 48.5 Å². The van der Waals surface area contributed by atoms with Crippen LogP contribution < -0.4 is 10.1 Å². The number of aromatic nitrogens is 3. The van der Waals surface area contributed by atoms with Gasteiger partial charge in [0.15, 0.2) is 12.4 Å². The molecule has 1 N–H and O–H groups in total. The zero-order valence-electron chi connectivity index (χ0n) is 18.5. The van der Waals surface area contributed by atoms with Crippen molar-refractivity contribution in [1.29, 1.82) is 0 Å². The monoisotopic (exact) mass is 414 g/mol. The van der Waals surface area contributed by atoms with Gasteiger partial charge in [-0.05, 0) is 63.4 Å². The van der Waals surface area contributed by atoms with Gasteiger partial charge in [-0.1, -0.05) is 35.9 Å². The van der Waals surface area contributed by atoms with Crippen LogP contribution in [0.5, 0.6) is 5.75 Å². The fourth-order valence-electron chi connectivity index (χ4n) is 3.70. The molecule has 2 heterocycles. The number of carbonyl (C=O) groups excluding carboxylic acids is 1. The summed E-state index contributed by atoms with van der Waals surface area (Å²) < 4.78 is 7.38. The lowest BCUT2D eigenvalue weighted by Gasteiger charge is -2.12. The number of benzene rings is 2. The van der Waals surface area contributed by atoms with Gasteiger partial charge in [0.05, 0.1) is 11.2 Å². The molecule has 4 rings (SSSR count). The van der Waals surface area contributed by atoms with Crippen LogP contribution in [0, 0.1) is 34.6 Å². The summed E-state index contributed by atoms with van der Waals surface area (Å²) in [5, 5.41) is 8.57. The van der Waals surface area contributed by atoms with Crippen LogP contribution in [-0.2, 0) is 4.79 Å². The van der Waals surface area contributed by atoms with Gasteiger partial charge in [0, 0.05) is 11.5 Å². The Labute approximate surface area is 181 Å². The largest absolute Gasteiger partial charge is 0.483 e. The quantitative estimate of drug-likeness (QED) is 0.500. The van der Waals surface area contributed by atoms with E-state index in [0.717, 1.165) is 38.9 Å². The highest BCUT2D eigenvalue weighted by Gasteiger charge is 2.15. The number of nitrogens with zero attached hydrogens (tertiary/aromatic N) is 3. The van der Waals surface area contributed by atoms with Gasteiger partial charge in [-0.2, -0.15) is 9.78 Å². The molecule has 158 valence electrons. The van der Waals surface area contributed by atoms with E-state index in [4.69, 9.17) is 9.72 Å². The molecule has 2 aromatic heterocycles. The molecule has 1 amide bonds. The summed E-state index contributed by atoms with van der Waals surface area (Å²) in [4.78, 5) is 17.4. The minimum Gasteiger partial charge on any atom is -0.483 e. The van der Waals surface area contributed by atoms with Crippen LogP contribution in [-0.4, -0.2) is 27.3 Å². The number of fused-ring (bicyclic) bond motifs is 1. The molecule has 0 saturated carbocycles. The Morgan fingerprint density at radius 2 is 1.77 bits per heavy atom. The third-order valence-corrected chi connectivity index (χ3v) is 5.24. The molecule has 0 bridgehead atoms. The zero-order valence-corrected chi connectivity index (χ0v) is 18.5. The van der Waals surface area contributed by atoms with Crippen molar-refractivity contribution in [2.24, 2.45) is 0 Å². The topological polar surface area (TPSA) is 69.0 Å². The first-order valence-corrected chi connectivity index (χ1v) is 10.3. The molecule has 6 nitrogen and oxygen atoms in total. The van der Waals surface area contributed by atoms with Gasteiger partial charge in [0.2, 0.25) is 0 Å². The van der Waals surface area contributed by atoms with Gasteiger partial charge in [0.25, 0.3) is 5.91 Å². The maximum Gasteiger partial charge on any atom is 0.263 e. The van der Waals surface area contributed by atoms with E-state index in [0.29, 0.717) is 17.4 Å². The zero-order chi connectivity index (χ0) is 22.1. The maximum atomic E-state index is 12.6. The van der Waals surface area contributed by atoms with E-state index in [9.17, 15) is 4.79 Å². The second-order valence-electron chi connectivity index (χ2n) is 7.96.